The third kappa shape index (κ3) is 1.30. The van der Waals surface area contributed by atoms with Gasteiger partial charge in [0.2, 0.25) is 0 Å². The molecule has 2 heterocycles. The van der Waals surface area contributed by atoms with Gasteiger partial charge in [-0.3, -0.25) is 9.97 Å². The summed E-state index contributed by atoms with van der Waals surface area (Å²) in [6, 6.07) is 0. The van der Waals surface area contributed by atoms with Crippen LogP contribution in [0.15, 0.2) is 18.7 Å². The number of hydrogen-bond acceptors (Lipinski definition) is 3. The topological polar surface area (TPSA) is 35.0 Å². The molecule has 0 saturated carbocycles. The summed E-state index contributed by atoms with van der Waals surface area (Å²) in [6.45, 7) is 2.70. The first-order chi connectivity index (χ1) is 5.86. The third-order valence-corrected chi connectivity index (χ3v) is 1.82. The average molecular weight is 162 g/mol. The van der Waals surface area contributed by atoms with E-state index in [9.17, 15) is 0 Å². The summed E-state index contributed by atoms with van der Waals surface area (Å²) >= 11 is 0. The molecule has 1 aliphatic rings. The Morgan fingerprint density at radius 1 is 1.33 bits per heavy atom. The van der Waals surface area contributed by atoms with Gasteiger partial charge in [-0.2, -0.15) is 0 Å². The standard InChI is InChI=1S/C9H10N2O/c1-7-4-11-9(5-10-7)8-2-3-12-6-8/h4-6H,2-3H2,1H3. The zero-order valence-corrected chi connectivity index (χ0v) is 6.95. The van der Waals surface area contributed by atoms with E-state index >= 15 is 0 Å². The van der Waals surface area contributed by atoms with Crippen molar-refractivity contribution in [1.82, 2.24) is 9.97 Å². The van der Waals surface area contributed by atoms with Crippen molar-refractivity contribution in [3.8, 4) is 0 Å². The van der Waals surface area contributed by atoms with Crippen LogP contribution in [-0.4, -0.2) is 16.6 Å². The number of ether oxygens (including phenoxy) is 1. The van der Waals surface area contributed by atoms with E-state index in [4.69, 9.17) is 4.74 Å². The van der Waals surface area contributed by atoms with Crippen molar-refractivity contribution >= 4 is 5.57 Å². The maximum atomic E-state index is 5.11. The molecule has 1 aromatic rings. The smallest absolute Gasteiger partial charge is 0.0915 e. The van der Waals surface area contributed by atoms with Gasteiger partial charge in [0.15, 0.2) is 0 Å². The Morgan fingerprint density at radius 3 is 2.83 bits per heavy atom. The summed E-state index contributed by atoms with van der Waals surface area (Å²) in [5.41, 5.74) is 3.01. The van der Waals surface area contributed by atoms with E-state index in [2.05, 4.69) is 9.97 Å². The Labute approximate surface area is 71.1 Å². The zero-order valence-electron chi connectivity index (χ0n) is 6.95. The Kier molecular flexibility index (Phi) is 1.78. The average Bonchev–Trinajstić information content (AvgIpc) is 2.58. The first-order valence-electron chi connectivity index (χ1n) is 3.96. The molecule has 0 unspecified atom stereocenters. The van der Waals surface area contributed by atoms with Gasteiger partial charge in [-0.1, -0.05) is 0 Å². The van der Waals surface area contributed by atoms with Crippen LogP contribution in [0.5, 0.6) is 0 Å². The van der Waals surface area contributed by atoms with Crippen molar-refractivity contribution in [2.24, 2.45) is 0 Å². The van der Waals surface area contributed by atoms with E-state index in [0.717, 1.165) is 30.0 Å². The molecule has 0 atom stereocenters. The van der Waals surface area contributed by atoms with Crippen LogP contribution in [0.2, 0.25) is 0 Å². The van der Waals surface area contributed by atoms with Gasteiger partial charge in [-0.25, -0.2) is 0 Å². The van der Waals surface area contributed by atoms with Crippen LogP contribution >= 0.6 is 0 Å². The molecule has 1 aliphatic heterocycles. The van der Waals surface area contributed by atoms with Crippen LogP contribution in [0.4, 0.5) is 0 Å². The van der Waals surface area contributed by atoms with Crippen LogP contribution in [0.1, 0.15) is 17.8 Å². The van der Waals surface area contributed by atoms with Crippen molar-refractivity contribution in [1.29, 1.82) is 0 Å². The van der Waals surface area contributed by atoms with Crippen LogP contribution in [0, 0.1) is 6.92 Å². The lowest BCUT2D eigenvalue weighted by molar-refractivity contribution is 0.281. The van der Waals surface area contributed by atoms with E-state index in [1.165, 1.54) is 0 Å². The number of hydrogen-bond donors (Lipinski definition) is 0. The first-order valence-corrected chi connectivity index (χ1v) is 3.96. The lowest BCUT2D eigenvalue weighted by Crippen LogP contribution is -1.90. The lowest BCUT2D eigenvalue weighted by atomic mass is 10.2. The van der Waals surface area contributed by atoms with E-state index in [1.807, 2.05) is 6.92 Å². The predicted octanol–water partition coefficient (Wildman–Crippen LogP) is 1.55. The van der Waals surface area contributed by atoms with Crippen LogP contribution in [-0.2, 0) is 4.74 Å². The molecular weight excluding hydrogens is 152 g/mol. The molecule has 62 valence electrons. The van der Waals surface area contributed by atoms with Gasteiger partial charge < -0.3 is 4.74 Å². The maximum Gasteiger partial charge on any atom is 0.0915 e. The van der Waals surface area contributed by atoms with Gasteiger partial charge in [-0.05, 0) is 6.92 Å². The molecule has 3 nitrogen and oxygen atoms in total. The van der Waals surface area contributed by atoms with Gasteiger partial charge in [0.1, 0.15) is 0 Å². The summed E-state index contributed by atoms with van der Waals surface area (Å²) in [7, 11) is 0. The molecule has 3 heteroatoms. The van der Waals surface area contributed by atoms with Crippen LogP contribution < -0.4 is 0 Å². The Morgan fingerprint density at radius 2 is 2.25 bits per heavy atom. The number of rotatable bonds is 1. The molecule has 0 saturated heterocycles. The van der Waals surface area contributed by atoms with Crippen molar-refractivity contribution in [2.75, 3.05) is 6.61 Å². The fraction of sp³-hybridized carbons (Fsp3) is 0.333. The fourth-order valence-electron chi connectivity index (χ4n) is 1.13. The number of aryl methyl sites for hydroxylation is 1. The minimum atomic E-state index is 0.769. The molecule has 1 aromatic heterocycles. The van der Waals surface area contributed by atoms with Crippen LogP contribution in [0.25, 0.3) is 5.57 Å². The fourth-order valence-corrected chi connectivity index (χ4v) is 1.13. The molecule has 0 amide bonds. The van der Waals surface area contributed by atoms with Gasteiger partial charge >= 0.3 is 0 Å². The maximum absolute atomic E-state index is 5.11. The third-order valence-electron chi connectivity index (χ3n) is 1.82. The first kappa shape index (κ1) is 7.28. The highest BCUT2D eigenvalue weighted by atomic mass is 16.5. The Bertz CT molecular complexity index is 303. The molecule has 0 aliphatic carbocycles. The minimum Gasteiger partial charge on any atom is -0.500 e. The zero-order chi connectivity index (χ0) is 8.39. The van der Waals surface area contributed by atoms with E-state index in [0.29, 0.717) is 0 Å². The van der Waals surface area contributed by atoms with Crippen molar-refractivity contribution in [3.63, 3.8) is 0 Å². The minimum absolute atomic E-state index is 0.769. The summed E-state index contributed by atoms with van der Waals surface area (Å²) in [4.78, 5) is 8.41. The number of aromatic nitrogens is 2. The number of nitrogens with zero attached hydrogens (tertiary/aromatic N) is 2. The molecule has 0 radical (unpaired) electrons. The quantitative estimate of drug-likeness (QED) is 0.628. The normalized spacial score (nSPS) is 15.6. The van der Waals surface area contributed by atoms with Crippen LogP contribution in [0.3, 0.4) is 0 Å². The molecule has 0 N–H and O–H groups in total. The molecule has 2 rings (SSSR count). The molecule has 0 aromatic carbocycles. The predicted molar refractivity (Wildman–Crippen MR) is 45.3 cm³/mol. The summed E-state index contributed by atoms with van der Waals surface area (Å²) in [5, 5.41) is 0. The van der Waals surface area contributed by atoms with Crippen molar-refractivity contribution < 1.29 is 4.74 Å². The second-order valence-electron chi connectivity index (χ2n) is 2.81. The molecule has 12 heavy (non-hydrogen) atoms. The second-order valence-corrected chi connectivity index (χ2v) is 2.81. The highest BCUT2D eigenvalue weighted by molar-refractivity contribution is 5.61. The van der Waals surface area contributed by atoms with Gasteiger partial charge in [0.05, 0.1) is 30.5 Å². The van der Waals surface area contributed by atoms with Crippen molar-refractivity contribution in [3.05, 3.63) is 30.0 Å². The molecule has 0 bridgehead atoms. The molecular formula is C9H10N2O. The largest absolute Gasteiger partial charge is 0.500 e. The van der Waals surface area contributed by atoms with Gasteiger partial charge in [0, 0.05) is 18.2 Å². The van der Waals surface area contributed by atoms with E-state index in [-0.39, 0.29) is 0 Å². The monoisotopic (exact) mass is 162 g/mol. The second kappa shape index (κ2) is 2.93. The summed E-state index contributed by atoms with van der Waals surface area (Å²) in [6.07, 6.45) is 6.27. The van der Waals surface area contributed by atoms with Gasteiger partial charge in [0.25, 0.3) is 0 Å². The summed E-state index contributed by atoms with van der Waals surface area (Å²) in [5.74, 6) is 0. The Balaban J connectivity index is 2.28. The molecule has 0 spiro atoms. The molecule has 0 fully saturated rings. The van der Waals surface area contributed by atoms with E-state index < -0.39 is 0 Å². The lowest BCUT2D eigenvalue weighted by Gasteiger charge is -1.97. The van der Waals surface area contributed by atoms with E-state index in [1.54, 1.807) is 18.7 Å². The Hall–Kier alpha value is -1.38. The SMILES string of the molecule is Cc1cnc(C2=COCC2)cn1. The van der Waals surface area contributed by atoms with Gasteiger partial charge in [-0.15, -0.1) is 0 Å². The van der Waals surface area contributed by atoms with Crippen molar-refractivity contribution in [2.45, 2.75) is 13.3 Å². The highest BCUT2D eigenvalue weighted by Gasteiger charge is 2.08. The highest BCUT2D eigenvalue weighted by Crippen LogP contribution is 2.19. The summed E-state index contributed by atoms with van der Waals surface area (Å²) < 4.78 is 5.11.